The fraction of sp³-hybridized carbons (Fsp3) is 0.545. The summed E-state index contributed by atoms with van der Waals surface area (Å²) in [6, 6.07) is -0.689. The van der Waals surface area contributed by atoms with E-state index in [1.165, 1.54) is 18.0 Å². The Morgan fingerprint density at radius 1 is 1.50 bits per heavy atom. The molecule has 1 aromatic rings. The Kier molecular flexibility index (Phi) is 4.72. The van der Waals surface area contributed by atoms with Gasteiger partial charge in [-0.1, -0.05) is 11.6 Å². The van der Waals surface area contributed by atoms with E-state index in [-0.39, 0.29) is 11.1 Å². The zero-order valence-electron chi connectivity index (χ0n) is 10.7. The third-order valence-corrected chi connectivity index (χ3v) is 2.72. The minimum Gasteiger partial charge on any atom is -0.467 e. The number of methoxy groups -OCH3 is 1. The number of anilines is 1. The summed E-state index contributed by atoms with van der Waals surface area (Å²) in [6.07, 6.45) is 1.42. The molecule has 0 aliphatic rings. The molecule has 100 valence electrons. The maximum atomic E-state index is 11.9. The van der Waals surface area contributed by atoms with Crippen LogP contribution in [0.3, 0.4) is 0 Å². The Bertz CT molecular complexity index is 499. The number of esters is 1. The number of ether oxygens (including phenoxy) is 1. The molecule has 0 spiro atoms. The molecule has 1 N–H and O–H groups in total. The van der Waals surface area contributed by atoms with E-state index in [1.54, 1.807) is 6.92 Å². The molecular formula is C11H16ClN3O3. The molecule has 6 nitrogen and oxygen atoms in total. The number of carbonyl (C=O) groups excluding carboxylic acids is 1. The Morgan fingerprint density at radius 2 is 2.11 bits per heavy atom. The molecule has 0 aliphatic heterocycles. The number of nitrogens with one attached hydrogen (secondary N) is 1. The van der Waals surface area contributed by atoms with Crippen LogP contribution in [0.15, 0.2) is 11.0 Å². The average molecular weight is 274 g/mol. The number of rotatable bonds is 4. The molecule has 0 aromatic carbocycles. The highest BCUT2D eigenvalue weighted by molar-refractivity contribution is 6.33. The summed E-state index contributed by atoms with van der Waals surface area (Å²) in [5.74, 6) is -0.445. The second-order valence-electron chi connectivity index (χ2n) is 4.10. The molecule has 0 radical (unpaired) electrons. The summed E-state index contributed by atoms with van der Waals surface area (Å²) in [6.45, 7) is 5.26. The van der Waals surface area contributed by atoms with E-state index in [1.807, 2.05) is 13.8 Å². The summed E-state index contributed by atoms with van der Waals surface area (Å²) in [5, 5.41) is 6.78. The van der Waals surface area contributed by atoms with Gasteiger partial charge in [0.05, 0.1) is 25.0 Å². The smallest absolute Gasteiger partial charge is 0.327 e. The van der Waals surface area contributed by atoms with Gasteiger partial charge in [0.15, 0.2) is 0 Å². The molecule has 0 saturated carbocycles. The molecule has 1 heterocycles. The molecule has 0 bridgehead atoms. The third kappa shape index (κ3) is 3.01. The van der Waals surface area contributed by atoms with Crippen LogP contribution < -0.4 is 10.9 Å². The van der Waals surface area contributed by atoms with Gasteiger partial charge in [-0.25, -0.2) is 9.48 Å². The molecule has 0 fully saturated rings. The van der Waals surface area contributed by atoms with Gasteiger partial charge in [0.25, 0.3) is 5.56 Å². The largest absolute Gasteiger partial charge is 0.467 e. The normalized spacial score (nSPS) is 12.3. The van der Waals surface area contributed by atoms with Crippen molar-refractivity contribution in [2.24, 2.45) is 0 Å². The van der Waals surface area contributed by atoms with E-state index < -0.39 is 17.6 Å². The number of nitrogens with zero attached hydrogens (tertiary/aromatic N) is 2. The highest BCUT2D eigenvalue weighted by atomic mass is 35.5. The molecule has 1 aromatic heterocycles. The van der Waals surface area contributed by atoms with Crippen molar-refractivity contribution in [1.29, 1.82) is 0 Å². The lowest BCUT2D eigenvalue weighted by Gasteiger charge is -2.15. The molecule has 1 unspecified atom stereocenters. The van der Waals surface area contributed by atoms with Crippen molar-refractivity contribution in [3.05, 3.63) is 21.6 Å². The maximum Gasteiger partial charge on any atom is 0.327 e. The zero-order chi connectivity index (χ0) is 13.9. The van der Waals surface area contributed by atoms with Gasteiger partial charge in [-0.05, 0) is 20.8 Å². The van der Waals surface area contributed by atoms with Crippen molar-refractivity contribution in [3.63, 3.8) is 0 Å². The number of carbonyl (C=O) groups is 1. The van der Waals surface area contributed by atoms with E-state index in [0.717, 1.165) is 0 Å². The van der Waals surface area contributed by atoms with Gasteiger partial charge in [-0.2, -0.15) is 5.10 Å². The molecule has 7 heteroatoms. The van der Waals surface area contributed by atoms with Crippen molar-refractivity contribution in [3.8, 4) is 0 Å². The van der Waals surface area contributed by atoms with Crippen LogP contribution in [-0.2, 0) is 9.53 Å². The Morgan fingerprint density at radius 3 is 2.61 bits per heavy atom. The first-order chi connectivity index (χ1) is 8.38. The van der Waals surface area contributed by atoms with Gasteiger partial charge in [0.1, 0.15) is 11.1 Å². The van der Waals surface area contributed by atoms with Crippen LogP contribution >= 0.6 is 11.6 Å². The van der Waals surface area contributed by atoms with Gasteiger partial charge in [-0.3, -0.25) is 4.79 Å². The second-order valence-corrected chi connectivity index (χ2v) is 4.48. The van der Waals surface area contributed by atoms with Crippen molar-refractivity contribution in [1.82, 2.24) is 9.78 Å². The van der Waals surface area contributed by atoms with E-state index in [0.29, 0.717) is 5.69 Å². The topological polar surface area (TPSA) is 73.2 Å². The molecule has 18 heavy (non-hydrogen) atoms. The van der Waals surface area contributed by atoms with Crippen LogP contribution in [0.2, 0.25) is 5.02 Å². The van der Waals surface area contributed by atoms with Crippen LogP contribution in [0, 0.1) is 0 Å². The average Bonchev–Trinajstić information content (AvgIpc) is 2.33. The third-order valence-electron chi connectivity index (χ3n) is 2.36. The second kappa shape index (κ2) is 5.86. The minimum atomic E-state index is -0.608. The van der Waals surface area contributed by atoms with Crippen LogP contribution in [-0.4, -0.2) is 28.9 Å². The molecule has 0 aliphatic carbocycles. The summed E-state index contributed by atoms with van der Waals surface area (Å²) in [4.78, 5) is 23.1. The van der Waals surface area contributed by atoms with Crippen molar-refractivity contribution < 1.29 is 9.53 Å². The highest BCUT2D eigenvalue weighted by Crippen LogP contribution is 2.17. The Balaban J connectivity index is 3.03. The van der Waals surface area contributed by atoms with Gasteiger partial charge in [0, 0.05) is 0 Å². The molecule has 1 rings (SSSR count). The van der Waals surface area contributed by atoms with Crippen molar-refractivity contribution >= 4 is 23.3 Å². The molecular weight excluding hydrogens is 258 g/mol. The number of hydrogen-bond acceptors (Lipinski definition) is 5. The van der Waals surface area contributed by atoms with E-state index in [9.17, 15) is 9.59 Å². The van der Waals surface area contributed by atoms with Crippen LogP contribution in [0.1, 0.15) is 26.8 Å². The van der Waals surface area contributed by atoms with Crippen LogP contribution in [0.4, 0.5) is 5.69 Å². The highest BCUT2D eigenvalue weighted by Gasteiger charge is 2.17. The first kappa shape index (κ1) is 14.5. The van der Waals surface area contributed by atoms with Gasteiger partial charge in [-0.15, -0.1) is 0 Å². The lowest BCUT2D eigenvalue weighted by atomic mass is 10.3. The monoisotopic (exact) mass is 273 g/mol. The van der Waals surface area contributed by atoms with Crippen molar-refractivity contribution in [2.75, 3.05) is 12.4 Å². The standard InChI is InChI=1S/C11H16ClN3O3/c1-6(2)15-10(16)9(12)8(5-13-15)14-7(3)11(17)18-4/h5-7,14H,1-4H3. The molecule has 0 saturated heterocycles. The van der Waals surface area contributed by atoms with Crippen LogP contribution in [0.25, 0.3) is 0 Å². The van der Waals surface area contributed by atoms with Crippen LogP contribution in [0.5, 0.6) is 0 Å². The van der Waals surface area contributed by atoms with Gasteiger partial charge >= 0.3 is 5.97 Å². The summed E-state index contributed by atoms with van der Waals surface area (Å²) < 4.78 is 5.84. The fourth-order valence-corrected chi connectivity index (χ4v) is 1.57. The summed E-state index contributed by atoms with van der Waals surface area (Å²) >= 11 is 5.95. The Labute approximate surface area is 110 Å². The SMILES string of the molecule is COC(=O)C(C)Nc1cnn(C(C)C)c(=O)c1Cl. The first-order valence-corrected chi connectivity index (χ1v) is 5.88. The predicted octanol–water partition coefficient (Wildman–Crippen LogP) is 1.45. The number of aromatic nitrogens is 2. The lowest BCUT2D eigenvalue weighted by Crippen LogP contribution is -2.30. The van der Waals surface area contributed by atoms with E-state index in [2.05, 4.69) is 15.2 Å². The van der Waals surface area contributed by atoms with Gasteiger partial charge < -0.3 is 10.1 Å². The molecule has 1 atom stereocenters. The quantitative estimate of drug-likeness (QED) is 0.841. The van der Waals surface area contributed by atoms with Gasteiger partial charge in [0.2, 0.25) is 0 Å². The van der Waals surface area contributed by atoms with Crippen molar-refractivity contribution in [2.45, 2.75) is 32.9 Å². The number of halogens is 1. The predicted molar refractivity (Wildman–Crippen MR) is 69.0 cm³/mol. The van der Waals surface area contributed by atoms with E-state index in [4.69, 9.17) is 11.6 Å². The summed E-state index contributed by atoms with van der Waals surface area (Å²) in [7, 11) is 1.29. The number of hydrogen-bond donors (Lipinski definition) is 1. The maximum absolute atomic E-state index is 11.9. The summed E-state index contributed by atoms with van der Waals surface area (Å²) in [5.41, 5.74) is -0.0785. The zero-order valence-corrected chi connectivity index (χ0v) is 11.5. The fourth-order valence-electron chi connectivity index (χ4n) is 1.38. The first-order valence-electron chi connectivity index (χ1n) is 5.50. The molecule has 0 amide bonds. The minimum absolute atomic E-state index is 0.00875. The van der Waals surface area contributed by atoms with E-state index >= 15 is 0 Å². The Hall–Kier alpha value is -1.56. The lowest BCUT2D eigenvalue weighted by molar-refractivity contribution is -0.141.